The predicted octanol–water partition coefficient (Wildman–Crippen LogP) is 4.59. The summed E-state index contributed by atoms with van der Waals surface area (Å²) in [5.74, 6) is 0.774. The van der Waals surface area contributed by atoms with E-state index in [1.807, 2.05) is 12.1 Å². The Labute approximate surface area is 189 Å². The van der Waals surface area contributed by atoms with Gasteiger partial charge in [0.05, 0.1) is 12.7 Å². The van der Waals surface area contributed by atoms with Crippen molar-refractivity contribution in [2.75, 3.05) is 26.7 Å². The van der Waals surface area contributed by atoms with Gasteiger partial charge in [-0.25, -0.2) is 4.39 Å². The molecule has 1 aliphatic carbocycles. The van der Waals surface area contributed by atoms with Gasteiger partial charge in [0.1, 0.15) is 23.4 Å². The van der Waals surface area contributed by atoms with Gasteiger partial charge in [0.2, 0.25) is 0 Å². The maximum absolute atomic E-state index is 13.1. The number of nitrogens with zero attached hydrogens (tertiary/aromatic N) is 1. The van der Waals surface area contributed by atoms with Crippen molar-refractivity contribution in [1.82, 2.24) is 10.2 Å². The molecule has 6 heteroatoms. The van der Waals surface area contributed by atoms with Crippen LogP contribution < -0.4 is 14.8 Å². The topological polar surface area (TPSA) is 50.8 Å². The summed E-state index contributed by atoms with van der Waals surface area (Å²) in [7, 11) is 1.59. The van der Waals surface area contributed by atoms with Gasteiger partial charge in [0.15, 0.2) is 0 Å². The zero-order chi connectivity index (χ0) is 22.3. The highest BCUT2D eigenvalue weighted by atomic mass is 19.1. The second kappa shape index (κ2) is 10.8. The number of hydrogen-bond donors (Lipinski definition) is 1. The molecule has 1 saturated heterocycles. The van der Waals surface area contributed by atoms with Crippen LogP contribution in [0.15, 0.2) is 42.5 Å². The summed E-state index contributed by atoms with van der Waals surface area (Å²) in [5, 5.41) is 2.96. The molecule has 1 heterocycles. The van der Waals surface area contributed by atoms with Crippen LogP contribution in [0.1, 0.15) is 54.4 Å². The highest BCUT2D eigenvalue weighted by molar-refractivity contribution is 5.97. The highest BCUT2D eigenvalue weighted by Crippen LogP contribution is 2.30. The molecule has 5 nitrogen and oxygen atoms in total. The number of nitrogens with one attached hydrogen (secondary N) is 1. The Kier molecular flexibility index (Phi) is 7.63. The van der Waals surface area contributed by atoms with Crippen molar-refractivity contribution < 1.29 is 18.7 Å². The van der Waals surface area contributed by atoms with Gasteiger partial charge in [-0.05, 0) is 68.0 Å². The Hall–Kier alpha value is -2.60. The fourth-order valence-electron chi connectivity index (χ4n) is 4.79. The van der Waals surface area contributed by atoms with E-state index in [0.717, 1.165) is 37.5 Å². The van der Waals surface area contributed by atoms with E-state index < -0.39 is 0 Å². The van der Waals surface area contributed by atoms with Crippen molar-refractivity contribution in [3.63, 3.8) is 0 Å². The maximum Gasteiger partial charge on any atom is 0.255 e. The molecule has 172 valence electrons. The molecule has 0 unspecified atom stereocenters. The van der Waals surface area contributed by atoms with Crippen molar-refractivity contribution in [3.8, 4) is 11.5 Å². The second-order valence-electron chi connectivity index (χ2n) is 8.79. The summed E-state index contributed by atoms with van der Waals surface area (Å²) in [6.07, 6.45) is 8.07. The number of rotatable bonds is 8. The first-order chi connectivity index (χ1) is 15.6. The number of carbonyl (C=O) groups excluding carboxylic acids is 1. The van der Waals surface area contributed by atoms with Crippen LogP contribution >= 0.6 is 0 Å². The van der Waals surface area contributed by atoms with Crippen LogP contribution in [0.5, 0.6) is 11.5 Å². The lowest BCUT2D eigenvalue weighted by atomic mass is 10.0. The van der Waals surface area contributed by atoms with Gasteiger partial charge < -0.3 is 19.7 Å². The van der Waals surface area contributed by atoms with Crippen LogP contribution in [-0.4, -0.2) is 49.7 Å². The molecule has 2 aromatic rings. The molecule has 1 saturated carbocycles. The first-order valence-corrected chi connectivity index (χ1v) is 11.7. The summed E-state index contributed by atoms with van der Waals surface area (Å²) in [6, 6.07) is 12.5. The fourth-order valence-corrected chi connectivity index (χ4v) is 4.79. The molecule has 0 aromatic heterocycles. The third kappa shape index (κ3) is 5.80. The average Bonchev–Trinajstić information content (AvgIpc) is 3.36. The van der Waals surface area contributed by atoms with Crippen molar-refractivity contribution in [2.24, 2.45) is 0 Å². The third-order valence-electron chi connectivity index (χ3n) is 6.66. The summed E-state index contributed by atoms with van der Waals surface area (Å²) >= 11 is 0. The summed E-state index contributed by atoms with van der Waals surface area (Å²) in [5.41, 5.74) is 1.46. The molecule has 2 aromatic carbocycles. The summed E-state index contributed by atoms with van der Waals surface area (Å²) in [6.45, 7) is 2.58. The van der Waals surface area contributed by atoms with Crippen LogP contribution in [0.25, 0.3) is 0 Å². The lowest BCUT2D eigenvalue weighted by molar-refractivity contribution is 0.0750. The molecule has 32 heavy (non-hydrogen) atoms. The number of methoxy groups -OCH3 is 1. The molecule has 0 bridgehead atoms. The SMILES string of the molecule is COc1ccc(OC2CCN(C3CCCC3)CC2)c(C(=O)NCCc2ccc(F)cc2)c1. The minimum absolute atomic E-state index is 0.117. The minimum atomic E-state index is -0.259. The van der Waals surface area contributed by atoms with Crippen LogP contribution in [-0.2, 0) is 6.42 Å². The summed E-state index contributed by atoms with van der Waals surface area (Å²) in [4.78, 5) is 15.5. The first-order valence-electron chi connectivity index (χ1n) is 11.7. The van der Waals surface area contributed by atoms with Crippen LogP contribution in [0.4, 0.5) is 4.39 Å². The van der Waals surface area contributed by atoms with E-state index in [2.05, 4.69) is 10.2 Å². The number of carbonyl (C=O) groups is 1. The number of ether oxygens (including phenoxy) is 2. The Morgan fingerprint density at radius 3 is 2.47 bits per heavy atom. The van der Waals surface area contributed by atoms with Gasteiger partial charge in [0.25, 0.3) is 5.91 Å². The third-order valence-corrected chi connectivity index (χ3v) is 6.66. The van der Waals surface area contributed by atoms with Crippen LogP contribution in [0.2, 0.25) is 0 Å². The van der Waals surface area contributed by atoms with Gasteiger partial charge in [-0.1, -0.05) is 25.0 Å². The van der Waals surface area contributed by atoms with Gasteiger partial charge in [0, 0.05) is 25.7 Å². The summed E-state index contributed by atoms with van der Waals surface area (Å²) < 4.78 is 24.7. The smallest absolute Gasteiger partial charge is 0.255 e. The number of piperidine rings is 1. The number of hydrogen-bond acceptors (Lipinski definition) is 4. The van der Waals surface area contributed by atoms with Crippen molar-refractivity contribution in [1.29, 1.82) is 0 Å². The molecule has 0 spiro atoms. The standard InChI is InChI=1S/C26H33FN2O3/c1-31-23-10-11-25(32-22-13-16-29(17-14-22)21-4-2-3-5-21)24(18-23)26(30)28-15-12-19-6-8-20(27)9-7-19/h6-11,18,21-22H,2-5,12-17H2,1H3,(H,28,30). The van der Waals surface area contributed by atoms with Crippen molar-refractivity contribution in [2.45, 2.75) is 57.1 Å². The van der Waals surface area contributed by atoms with Crippen LogP contribution in [0.3, 0.4) is 0 Å². The van der Waals surface area contributed by atoms with Gasteiger partial charge in [-0.3, -0.25) is 4.79 Å². The average molecular weight is 441 g/mol. The van der Waals surface area contributed by atoms with Gasteiger partial charge in [-0.2, -0.15) is 0 Å². The predicted molar refractivity (Wildman–Crippen MR) is 123 cm³/mol. The zero-order valence-corrected chi connectivity index (χ0v) is 18.8. The molecular formula is C26H33FN2O3. The molecule has 0 radical (unpaired) electrons. The minimum Gasteiger partial charge on any atom is -0.497 e. The fraction of sp³-hybridized carbons (Fsp3) is 0.500. The van der Waals surface area contributed by atoms with Crippen molar-refractivity contribution >= 4 is 5.91 Å². The lowest BCUT2D eigenvalue weighted by Crippen LogP contribution is -2.43. The van der Waals surface area contributed by atoms with E-state index in [9.17, 15) is 9.18 Å². The van der Waals surface area contributed by atoms with Crippen molar-refractivity contribution in [3.05, 3.63) is 59.4 Å². The monoisotopic (exact) mass is 440 g/mol. The normalized spacial score (nSPS) is 17.9. The molecule has 1 N–H and O–H groups in total. The number of likely N-dealkylation sites (tertiary alicyclic amines) is 1. The molecule has 1 amide bonds. The van der Waals surface area contributed by atoms with Gasteiger partial charge in [-0.15, -0.1) is 0 Å². The molecule has 4 rings (SSSR count). The molecule has 2 aliphatic rings. The van der Waals surface area contributed by atoms with Crippen LogP contribution in [0, 0.1) is 5.82 Å². The van der Waals surface area contributed by atoms with E-state index in [4.69, 9.17) is 9.47 Å². The number of benzene rings is 2. The van der Waals surface area contributed by atoms with E-state index >= 15 is 0 Å². The zero-order valence-electron chi connectivity index (χ0n) is 18.8. The highest BCUT2D eigenvalue weighted by Gasteiger charge is 2.28. The Balaban J connectivity index is 1.35. The van der Waals surface area contributed by atoms with Gasteiger partial charge >= 0.3 is 0 Å². The van der Waals surface area contributed by atoms with E-state index in [1.165, 1.54) is 37.8 Å². The second-order valence-corrected chi connectivity index (χ2v) is 8.79. The van der Waals surface area contributed by atoms with E-state index in [0.29, 0.717) is 30.0 Å². The maximum atomic E-state index is 13.1. The molecule has 2 fully saturated rings. The van der Waals surface area contributed by atoms with E-state index in [-0.39, 0.29) is 17.8 Å². The molecule has 1 aliphatic heterocycles. The van der Waals surface area contributed by atoms with E-state index in [1.54, 1.807) is 25.3 Å². The molecular weight excluding hydrogens is 407 g/mol. The Morgan fingerprint density at radius 2 is 1.78 bits per heavy atom. The lowest BCUT2D eigenvalue weighted by Gasteiger charge is -2.36. The first kappa shape index (κ1) is 22.6. The quantitative estimate of drug-likeness (QED) is 0.652. The Morgan fingerprint density at radius 1 is 1.06 bits per heavy atom. The Bertz CT molecular complexity index is 888. The number of amides is 1. The largest absolute Gasteiger partial charge is 0.497 e. The number of halogens is 1. The molecule has 0 atom stereocenters.